The quantitative estimate of drug-likeness (QED) is 0.177. The van der Waals surface area contributed by atoms with E-state index >= 15 is 0 Å². The van der Waals surface area contributed by atoms with Gasteiger partial charge in [0.25, 0.3) is 5.97 Å². The lowest BCUT2D eigenvalue weighted by Crippen LogP contribution is -2.28. The Morgan fingerprint density at radius 2 is 1.29 bits per heavy atom. The van der Waals surface area contributed by atoms with Gasteiger partial charge in [-0.2, -0.15) is 0 Å². The van der Waals surface area contributed by atoms with E-state index in [2.05, 4.69) is 50.9 Å². The van der Waals surface area contributed by atoms with E-state index in [0.717, 1.165) is 19.3 Å². The van der Waals surface area contributed by atoms with Gasteiger partial charge in [0.15, 0.2) is 0 Å². The molecule has 140 valence electrons. The molecule has 0 N–H and O–H groups in total. The minimum Gasteiger partial charge on any atom is -0.520 e. The lowest BCUT2D eigenvalue weighted by Gasteiger charge is -2.17. The van der Waals surface area contributed by atoms with Crippen LogP contribution in [0.25, 0.3) is 0 Å². The number of hydrogen-bond acceptors (Lipinski definition) is 2. The van der Waals surface area contributed by atoms with Crippen molar-refractivity contribution in [3.63, 3.8) is 0 Å². The van der Waals surface area contributed by atoms with Gasteiger partial charge >= 0.3 is 0 Å². The Morgan fingerprint density at radius 3 is 1.83 bits per heavy atom. The van der Waals surface area contributed by atoms with E-state index in [0.29, 0.717) is 6.42 Å². The standard InChI is InChI=1S/C21H40O2Si/c1-5-6-7-8-9-10-11-12-13-14-15-16-17-18-19-20-21(22)23-24(2,3)4/h10-13H,5-9,14-20H2,1-4H3/b11-10+,13-12+. The molecule has 0 atom stereocenters. The number of rotatable bonds is 15. The highest BCUT2D eigenvalue weighted by Gasteiger charge is 2.19. The maximum absolute atomic E-state index is 11.6. The van der Waals surface area contributed by atoms with Gasteiger partial charge in [0.1, 0.15) is 0 Å². The zero-order valence-electron chi connectivity index (χ0n) is 16.6. The molecule has 0 saturated heterocycles. The highest BCUT2D eigenvalue weighted by atomic mass is 28.4. The zero-order valence-corrected chi connectivity index (χ0v) is 17.6. The molecule has 3 heteroatoms. The molecule has 0 bridgehead atoms. The average molecular weight is 353 g/mol. The Bertz CT molecular complexity index is 353. The molecule has 0 aliphatic heterocycles. The van der Waals surface area contributed by atoms with Crippen LogP contribution in [-0.4, -0.2) is 14.3 Å². The van der Waals surface area contributed by atoms with Crippen LogP contribution in [0.1, 0.15) is 84.0 Å². The third-order valence-corrected chi connectivity index (χ3v) is 4.62. The van der Waals surface area contributed by atoms with Crippen LogP contribution in [0.5, 0.6) is 0 Å². The molecule has 0 rings (SSSR count). The molecule has 0 heterocycles. The van der Waals surface area contributed by atoms with Crippen molar-refractivity contribution in [2.24, 2.45) is 0 Å². The molecule has 0 aromatic heterocycles. The third kappa shape index (κ3) is 19.2. The van der Waals surface area contributed by atoms with E-state index in [1.807, 2.05) is 0 Å². The summed E-state index contributed by atoms with van der Waals surface area (Å²) >= 11 is 0. The maximum Gasteiger partial charge on any atom is 0.292 e. The Balaban J connectivity index is 3.34. The fourth-order valence-corrected chi connectivity index (χ4v) is 3.28. The van der Waals surface area contributed by atoms with E-state index in [1.165, 1.54) is 51.4 Å². The molecule has 2 nitrogen and oxygen atoms in total. The Labute approximate surface area is 151 Å². The van der Waals surface area contributed by atoms with Gasteiger partial charge in [-0.05, 0) is 51.7 Å². The van der Waals surface area contributed by atoms with Crippen LogP contribution < -0.4 is 0 Å². The van der Waals surface area contributed by atoms with Gasteiger partial charge in [0.05, 0.1) is 0 Å². The second-order valence-corrected chi connectivity index (χ2v) is 12.0. The summed E-state index contributed by atoms with van der Waals surface area (Å²) in [5, 5.41) is 0. The van der Waals surface area contributed by atoms with E-state index in [-0.39, 0.29) is 5.97 Å². The van der Waals surface area contributed by atoms with Crippen molar-refractivity contribution in [2.75, 3.05) is 0 Å². The van der Waals surface area contributed by atoms with Crippen molar-refractivity contribution in [1.29, 1.82) is 0 Å². The van der Waals surface area contributed by atoms with Crippen LogP contribution in [0.3, 0.4) is 0 Å². The molecule has 0 aromatic carbocycles. The summed E-state index contributed by atoms with van der Waals surface area (Å²) in [7, 11) is -1.69. The minimum atomic E-state index is -1.69. The second kappa shape index (κ2) is 15.7. The van der Waals surface area contributed by atoms with E-state index in [9.17, 15) is 4.79 Å². The van der Waals surface area contributed by atoms with Gasteiger partial charge in [-0.1, -0.05) is 69.8 Å². The van der Waals surface area contributed by atoms with Crippen molar-refractivity contribution in [1.82, 2.24) is 0 Å². The molecule has 0 fully saturated rings. The number of unbranched alkanes of at least 4 members (excludes halogenated alkanes) is 9. The molecule has 0 amide bonds. The molecule has 0 saturated carbocycles. The molecule has 0 spiro atoms. The Kier molecular flexibility index (Phi) is 15.1. The number of carbonyl (C=O) groups excluding carboxylic acids is 1. The first-order valence-corrected chi connectivity index (χ1v) is 13.4. The largest absolute Gasteiger partial charge is 0.520 e. The van der Waals surface area contributed by atoms with Crippen LogP contribution >= 0.6 is 0 Å². The topological polar surface area (TPSA) is 26.3 Å². The van der Waals surface area contributed by atoms with Crippen molar-refractivity contribution in [2.45, 2.75) is 104 Å². The minimum absolute atomic E-state index is 0.00131. The second-order valence-electron chi connectivity index (χ2n) is 7.60. The maximum atomic E-state index is 11.6. The summed E-state index contributed by atoms with van der Waals surface area (Å²) < 4.78 is 5.44. The summed E-state index contributed by atoms with van der Waals surface area (Å²) in [4.78, 5) is 11.6. The van der Waals surface area contributed by atoms with Crippen molar-refractivity contribution >= 4 is 14.3 Å². The van der Waals surface area contributed by atoms with Crippen LogP contribution in [0, 0.1) is 0 Å². The summed E-state index contributed by atoms with van der Waals surface area (Å²) in [6, 6.07) is 0. The SMILES string of the molecule is CCCCCC/C=C/C=C/CCCCCCCC(=O)O[Si](C)(C)C. The van der Waals surface area contributed by atoms with Crippen LogP contribution in [0.4, 0.5) is 0 Å². The van der Waals surface area contributed by atoms with Crippen LogP contribution in [-0.2, 0) is 9.22 Å². The predicted molar refractivity (Wildman–Crippen MR) is 109 cm³/mol. The first kappa shape index (κ1) is 23.2. The Hall–Kier alpha value is -0.833. The Morgan fingerprint density at radius 1 is 0.792 bits per heavy atom. The average Bonchev–Trinajstić information content (AvgIpc) is 2.49. The van der Waals surface area contributed by atoms with Crippen molar-refractivity contribution < 1.29 is 9.22 Å². The van der Waals surface area contributed by atoms with E-state index in [4.69, 9.17) is 4.43 Å². The molecule has 0 aliphatic carbocycles. The molecule has 24 heavy (non-hydrogen) atoms. The normalized spacial score (nSPS) is 12.3. The number of hydrogen-bond donors (Lipinski definition) is 0. The molecule has 0 aliphatic rings. The third-order valence-electron chi connectivity index (χ3n) is 3.78. The van der Waals surface area contributed by atoms with Gasteiger partial charge in [-0.15, -0.1) is 0 Å². The summed E-state index contributed by atoms with van der Waals surface area (Å²) in [5.74, 6) is -0.00131. The van der Waals surface area contributed by atoms with Crippen LogP contribution in [0.2, 0.25) is 19.6 Å². The predicted octanol–water partition coefficient (Wildman–Crippen LogP) is 7.18. The van der Waals surface area contributed by atoms with Crippen molar-refractivity contribution in [3.8, 4) is 0 Å². The van der Waals surface area contributed by atoms with Gasteiger partial charge in [0, 0.05) is 6.42 Å². The molecule has 0 radical (unpaired) electrons. The fourth-order valence-electron chi connectivity index (χ4n) is 2.49. The van der Waals surface area contributed by atoms with E-state index < -0.39 is 8.32 Å². The smallest absolute Gasteiger partial charge is 0.292 e. The van der Waals surface area contributed by atoms with E-state index in [1.54, 1.807) is 0 Å². The van der Waals surface area contributed by atoms with Crippen molar-refractivity contribution in [3.05, 3.63) is 24.3 Å². The van der Waals surface area contributed by atoms with Gasteiger partial charge in [0.2, 0.25) is 8.32 Å². The number of allylic oxidation sites excluding steroid dienone is 4. The van der Waals surface area contributed by atoms with Gasteiger partial charge in [-0.3, -0.25) is 4.79 Å². The highest BCUT2D eigenvalue weighted by Crippen LogP contribution is 2.10. The first-order chi connectivity index (χ1) is 11.5. The van der Waals surface area contributed by atoms with Crippen LogP contribution in [0.15, 0.2) is 24.3 Å². The molecular formula is C21H40O2Si. The van der Waals surface area contributed by atoms with Gasteiger partial charge in [-0.25, -0.2) is 0 Å². The zero-order chi connectivity index (χ0) is 18.1. The summed E-state index contributed by atoms with van der Waals surface area (Å²) in [6.07, 6.45) is 23.1. The number of carbonyl (C=O) groups is 1. The first-order valence-electron chi connectivity index (χ1n) is 9.99. The molecule has 0 unspecified atom stereocenters. The molecule has 0 aromatic rings. The summed E-state index contributed by atoms with van der Waals surface area (Å²) in [6.45, 7) is 8.42. The molecular weight excluding hydrogens is 312 g/mol. The fraction of sp³-hybridized carbons (Fsp3) is 0.762. The lowest BCUT2D eigenvalue weighted by atomic mass is 10.1. The highest BCUT2D eigenvalue weighted by molar-refractivity contribution is 6.71. The monoisotopic (exact) mass is 352 g/mol. The van der Waals surface area contributed by atoms with Gasteiger partial charge < -0.3 is 4.43 Å². The lowest BCUT2D eigenvalue weighted by molar-refractivity contribution is -0.135. The summed E-state index contributed by atoms with van der Waals surface area (Å²) in [5.41, 5.74) is 0.